The van der Waals surface area contributed by atoms with E-state index in [2.05, 4.69) is 0 Å². The Morgan fingerprint density at radius 2 is 1.89 bits per heavy atom. The third-order valence-corrected chi connectivity index (χ3v) is 6.96. The van der Waals surface area contributed by atoms with E-state index in [4.69, 9.17) is 16.1 Å². The molecule has 2 aromatic rings. The van der Waals surface area contributed by atoms with Crippen LogP contribution in [0.1, 0.15) is 23.6 Å². The Hall–Kier alpha value is -1.89. The molecule has 146 valence electrons. The molecule has 0 radical (unpaired) electrons. The van der Waals surface area contributed by atoms with E-state index in [0.29, 0.717) is 11.1 Å². The van der Waals surface area contributed by atoms with Crippen molar-refractivity contribution in [1.29, 1.82) is 0 Å². The molecule has 0 bridgehead atoms. The average molecular weight is 422 g/mol. The lowest BCUT2D eigenvalue weighted by Crippen LogP contribution is -2.14. The molecule has 0 spiro atoms. The molecule has 27 heavy (non-hydrogen) atoms. The van der Waals surface area contributed by atoms with Gasteiger partial charge in [0.05, 0.1) is 10.5 Å². The second kappa shape index (κ2) is 8.00. The summed E-state index contributed by atoms with van der Waals surface area (Å²) in [6, 6.07) is 7.05. The Kier molecular flexibility index (Phi) is 6.35. The summed E-state index contributed by atoms with van der Waals surface area (Å²) < 4.78 is 56.1. The van der Waals surface area contributed by atoms with Crippen LogP contribution in [0.25, 0.3) is 0 Å². The summed E-state index contributed by atoms with van der Waals surface area (Å²) in [7, 11) is -2.21. The normalized spacial score (nSPS) is 14.0. The molecule has 0 saturated heterocycles. The summed E-state index contributed by atoms with van der Waals surface area (Å²) in [5.41, 5.74) is -0.268. The predicted octanol–water partition coefficient (Wildman–Crippen LogP) is 5.43. The highest BCUT2D eigenvalue weighted by Gasteiger charge is 2.32. The lowest BCUT2D eigenvalue weighted by Gasteiger charge is -2.16. The van der Waals surface area contributed by atoms with Crippen LogP contribution < -0.4 is 5.30 Å². The molecule has 0 aliphatic carbocycles. The molecule has 1 unspecified atom stereocenters. The fourth-order valence-electron chi connectivity index (χ4n) is 2.59. The van der Waals surface area contributed by atoms with Gasteiger partial charge in [-0.05, 0) is 35.7 Å². The molecule has 2 aromatic carbocycles. The van der Waals surface area contributed by atoms with Crippen molar-refractivity contribution in [3.8, 4) is 0 Å². The van der Waals surface area contributed by atoms with Crippen LogP contribution >= 0.6 is 19.0 Å². The third-order valence-electron chi connectivity index (χ3n) is 4.09. The SMILES string of the molecule is CCP(=O)(OC)c1cc(Cc2ccc(C(F)(F)F)cc2Cl)ccc1[N+](=O)[O-]. The highest BCUT2D eigenvalue weighted by atomic mass is 35.5. The van der Waals surface area contributed by atoms with E-state index in [9.17, 15) is 27.9 Å². The minimum atomic E-state index is -4.51. The van der Waals surface area contributed by atoms with Crippen molar-refractivity contribution < 1.29 is 27.2 Å². The van der Waals surface area contributed by atoms with Crippen LogP contribution in [0, 0.1) is 10.1 Å². The van der Waals surface area contributed by atoms with E-state index in [1.54, 1.807) is 6.92 Å². The molecular formula is C17H16ClF3NO4P. The number of halogens is 4. The summed E-state index contributed by atoms with van der Waals surface area (Å²) in [5, 5.41) is 11.2. The van der Waals surface area contributed by atoms with E-state index in [1.165, 1.54) is 31.4 Å². The fraction of sp³-hybridized carbons (Fsp3) is 0.294. The van der Waals surface area contributed by atoms with Gasteiger partial charge in [-0.3, -0.25) is 14.7 Å². The van der Waals surface area contributed by atoms with Crippen LogP contribution in [-0.2, 0) is 21.7 Å². The van der Waals surface area contributed by atoms with Gasteiger partial charge in [-0.2, -0.15) is 13.2 Å². The maximum atomic E-state index is 12.8. The van der Waals surface area contributed by atoms with Gasteiger partial charge in [0.15, 0.2) is 0 Å². The number of alkyl halides is 3. The van der Waals surface area contributed by atoms with Gasteiger partial charge in [-0.25, -0.2) is 0 Å². The minimum absolute atomic E-state index is 0.0296. The highest BCUT2D eigenvalue weighted by molar-refractivity contribution is 7.67. The van der Waals surface area contributed by atoms with E-state index in [1.807, 2.05) is 0 Å². The lowest BCUT2D eigenvalue weighted by molar-refractivity contribution is -0.383. The van der Waals surface area contributed by atoms with Crippen LogP contribution in [0.5, 0.6) is 0 Å². The van der Waals surface area contributed by atoms with Gasteiger partial charge in [0.2, 0.25) is 7.37 Å². The zero-order valence-corrected chi connectivity index (χ0v) is 16.1. The van der Waals surface area contributed by atoms with E-state index < -0.39 is 24.0 Å². The molecule has 0 fully saturated rings. The molecule has 0 N–H and O–H groups in total. The third kappa shape index (κ3) is 4.69. The van der Waals surface area contributed by atoms with Crippen molar-refractivity contribution in [2.24, 2.45) is 0 Å². The lowest BCUT2D eigenvalue weighted by atomic mass is 10.0. The van der Waals surface area contributed by atoms with Gasteiger partial charge in [-0.15, -0.1) is 0 Å². The number of nitrogens with zero attached hydrogens (tertiary/aromatic N) is 1. The smallest absolute Gasteiger partial charge is 0.328 e. The van der Waals surface area contributed by atoms with Crippen molar-refractivity contribution >= 4 is 30.0 Å². The molecule has 2 rings (SSSR count). The Balaban J connectivity index is 2.46. The van der Waals surface area contributed by atoms with Crippen LogP contribution in [-0.4, -0.2) is 18.2 Å². The minimum Gasteiger partial charge on any atom is -0.328 e. The molecule has 5 nitrogen and oxygen atoms in total. The number of benzene rings is 2. The van der Waals surface area contributed by atoms with Crippen molar-refractivity contribution in [2.75, 3.05) is 13.3 Å². The maximum Gasteiger partial charge on any atom is 0.416 e. The van der Waals surface area contributed by atoms with Crippen molar-refractivity contribution in [3.63, 3.8) is 0 Å². The molecule has 0 heterocycles. The summed E-state index contributed by atoms with van der Waals surface area (Å²) in [6.07, 6.45) is -4.32. The van der Waals surface area contributed by atoms with Crippen LogP contribution in [0.2, 0.25) is 5.02 Å². The zero-order valence-electron chi connectivity index (χ0n) is 14.4. The Morgan fingerprint density at radius 3 is 2.37 bits per heavy atom. The number of nitro groups is 1. The first kappa shape index (κ1) is 21.4. The number of hydrogen-bond acceptors (Lipinski definition) is 4. The molecule has 0 aliphatic rings. The van der Waals surface area contributed by atoms with Gasteiger partial charge in [-0.1, -0.05) is 30.7 Å². The van der Waals surface area contributed by atoms with Gasteiger partial charge in [0, 0.05) is 24.4 Å². The molecule has 0 aromatic heterocycles. The standard InChI is InChI=1S/C17H16ClF3NO4P/c1-3-27(25,26-2)16-9-11(4-7-15(16)22(23)24)8-12-5-6-13(10-14(12)18)17(19,20)21/h4-7,9-10H,3,8H2,1-2H3. The van der Waals surface area contributed by atoms with Crippen molar-refractivity contribution in [1.82, 2.24) is 0 Å². The van der Waals surface area contributed by atoms with Crippen molar-refractivity contribution in [2.45, 2.75) is 19.5 Å². The van der Waals surface area contributed by atoms with Crippen molar-refractivity contribution in [3.05, 3.63) is 68.2 Å². The first-order valence-electron chi connectivity index (χ1n) is 7.80. The molecule has 1 atom stereocenters. The summed E-state index contributed by atoms with van der Waals surface area (Å²) in [5.74, 6) is 0. The second-order valence-electron chi connectivity index (χ2n) is 5.73. The molecule has 0 saturated carbocycles. The summed E-state index contributed by atoms with van der Waals surface area (Å²) >= 11 is 5.96. The van der Waals surface area contributed by atoms with E-state index in [0.717, 1.165) is 12.1 Å². The van der Waals surface area contributed by atoms with Gasteiger partial charge in [0.25, 0.3) is 5.69 Å². The summed E-state index contributed by atoms with van der Waals surface area (Å²) in [6.45, 7) is 1.59. The summed E-state index contributed by atoms with van der Waals surface area (Å²) in [4.78, 5) is 10.6. The molecule has 0 aliphatic heterocycles. The molecule has 10 heteroatoms. The predicted molar refractivity (Wildman–Crippen MR) is 97.1 cm³/mol. The maximum absolute atomic E-state index is 12.8. The monoisotopic (exact) mass is 421 g/mol. The molecule has 0 amide bonds. The van der Waals surface area contributed by atoms with Crippen LogP contribution in [0.4, 0.5) is 18.9 Å². The first-order valence-corrected chi connectivity index (χ1v) is 9.99. The Bertz CT molecular complexity index is 910. The molecular weight excluding hydrogens is 406 g/mol. The number of hydrogen-bond donors (Lipinski definition) is 0. The van der Waals surface area contributed by atoms with Gasteiger partial charge >= 0.3 is 6.18 Å². The van der Waals surface area contributed by atoms with E-state index in [-0.39, 0.29) is 28.6 Å². The quantitative estimate of drug-likeness (QED) is 0.354. The topological polar surface area (TPSA) is 69.4 Å². The largest absolute Gasteiger partial charge is 0.416 e. The fourth-order valence-corrected chi connectivity index (χ4v) is 4.50. The van der Waals surface area contributed by atoms with Crippen LogP contribution in [0.3, 0.4) is 0 Å². The zero-order chi connectivity index (χ0) is 20.4. The van der Waals surface area contributed by atoms with E-state index >= 15 is 0 Å². The first-order chi connectivity index (χ1) is 12.5. The van der Waals surface area contributed by atoms with Crippen LogP contribution in [0.15, 0.2) is 36.4 Å². The highest BCUT2D eigenvalue weighted by Crippen LogP contribution is 2.47. The number of rotatable bonds is 6. The Morgan fingerprint density at radius 1 is 1.22 bits per heavy atom. The number of nitro benzene ring substituents is 1. The average Bonchev–Trinajstić information content (AvgIpc) is 2.61. The second-order valence-corrected chi connectivity index (χ2v) is 8.97. The Labute approximate surface area is 158 Å². The van der Waals surface area contributed by atoms with Gasteiger partial charge in [0.1, 0.15) is 5.30 Å². The van der Waals surface area contributed by atoms with Gasteiger partial charge < -0.3 is 4.52 Å².